The van der Waals surface area contributed by atoms with Crippen molar-refractivity contribution in [3.8, 4) is 5.75 Å². The van der Waals surface area contributed by atoms with Gasteiger partial charge in [-0.3, -0.25) is 0 Å². The summed E-state index contributed by atoms with van der Waals surface area (Å²) in [5, 5.41) is 9.72. The van der Waals surface area contributed by atoms with E-state index >= 15 is 0 Å². The Bertz CT molecular complexity index is 357. The lowest BCUT2D eigenvalue weighted by Gasteiger charge is -2.07. The van der Waals surface area contributed by atoms with Gasteiger partial charge in [-0.1, -0.05) is 6.07 Å². The van der Waals surface area contributed by atoms with E-state index in [-0.39, 0.29) is 6.10 Å². The highest BCUT2D eigenvalue weighted by molar-refractivity contribution is 5.50. The highest BCUT2D eigenvalue weighted by atomic mass is 16.5. The maximum absolute atomic E-state index is 9.72. The van der Waals surface area contributed by atoms with Crippen molar-refractivity contribution >= 4 is 0 Å². The summed E-state index contributed by atoms with van der Waals surface area (Å²) >= 11 is 0. The molecule has 0 aromatic heterocycles. The fourth-order valence-electron chi connectivity index (χ4n) is 2.42. The van der Waals surface area contributed by atoms with Crippen molar-refractivity contribution in [3.05, 3.63) is 28.8 Å². The molecule has 2 nitrogen and oxygen atoms in total. The molecule has 13 heavy (non-hydrogen) atoms. The van der Waals surface area contributed by atoms with Crippen molar-refractivity contribution in [1.29, 1.82) is 0 Å². The van der Waals surface area contributed by atoms with Crippen LogP contribution in [0.15, 0.2) is 12.1 Å². The van der Waals surface area contributed by atoms with E-state index in [1.807, 2.05) is 6.07 Å². The van der Waals surface area contributed by atoms with Crippen LogP contribution in [0.2, 0.25) is 0 Å². The minimum absolute atomic E-state index is 0.386. The molecular weight excluding hydrogens is 164 g/mol. The molecule has 0 saturated carbocycles. The minimum atomic E-state index is -0.386. The third-order valence-corrected chi connectivity index (χ3v) is 3.02. The SMILES string of the molecule is OC1COc2ccc3c(c21)CCC3. The van der Waals surface area contributed by atoms with Gasteiger partial charge in [-0.25, -0.2) is 0 Å². The standard InChI is InChI=1S/C11H12O2/c12-9-6-13-10-5-4-7-2-1-3-8(7)11(9)10/h4-5,9,12H,1-3,6H2. The van der Waals surface area contributed by atoms with Crippen molar-refractivity contribution in [3.63, 3.8) is 0 Å². The molecule has 0 spiro atoms. The van der Waals surface area contributed by atoms with E-state index < -0.39 is 0 Å². The molecule has 0 bridgehead atoms. The van der Waals surface area contributed by atoms with Gasteiger partial charge >= 0.3 is 0 Å². The Morgan fingerprint density at radius 3 is 3.15 bits per heavy atom. The molecule has 1 N–H and O–H groups in total. The second kappa shape index (κ2) is 2.48. The summed E-state index contributed by atoms with van der Waals surface area (Å²) in [6, 6.07) is 4.13. The second-order valence-electron chi connectivity index (χ2n) is 3.80. The molecule has 1 aliphatic carbocycles. The predicted octanol–water partition coefficient (Wildman–Crippen LogP) is 1.60. The van der Waals surface area contributed by atoms with Crippen LogP contribution in [0.1, 0.15) is 29.2 Å². The maximum atomic E-state index is 9.72. The first-order chi connectivity index (χ1) is 6.36. The minimum Gasteiger partial charge on any atom is -0.490 e. The van der Waals surface area contributed by atoms with Crippen molar-refractivity contribution in [2.75, 3.05) is 6.61 Å². The summed E-state index contributed by atoms with van der Waals surface area (Å²) in [6.45, 7) is 0.436. The van der Waals surface area contributed by atoms with E-state index in [9.17, 15) is 5.11 Å². The first-order valence-corrected chi connectivity index (χ1v) is 4.82. The number of fused-ring (bicyclic) bond motifs is 3. The van der Waals surface area contributed by atoms with E-state index in [4.69, 9.17) is 4.74 Å². The maximum Gasteiger partial charge on any atom is 0.125 e. The normalized spacial score (nSPS) is 23.9. The molecule has 2 aliphatic rings. The van der Waals surface area contributed by atoms with Crippen LogP contribution in [0, 0.1) is 0 Å². The Morgan fingerprint density at radius 1 is 1.31 bits per heavy atom. The van der Waals surface area contributed by atoms with E-state index in [2.05, 4.69) is 6.07 Å². The molecule has 0 radical (unpaired) electrons. The van der Waals surface area contributed by atoms with Crippen molar-refractivity contribution in [2.45, 2.75) is 25.4 Å². The average Bonchev–Trinajstić information content (AvgIpc) is 2.70. The van der Waals surface area contributed by atoms with E-state index in [0.717, 1.165) is 24.2 Å². The van der Waals surface area contributed by atoms with Crippen molar-refractivity contribution in [2.24, 2.45) is 0 Å². The van der Waals surface area contributed by atoms with Gasteiger partial charge in [-0.05, 0) is 36.5 Å². The van der Waals surface area contributed by atoms with Crippen LogP contribution < -0.4 is 4.74 Å². The molecule has 0 fully saturated rings. The Morgan fingerprint density at radius 2 is 2.23 bits per heavy atom. The van der Waals surface area contributed by atoms with Crippen LogP contribution in [-0.2, 0) is 12.8 Å². The number of ether oxygens (including phenoxy) is 1. The molecule has 1 heterocycles. The van der Waals surface area contributed by atoms with E-state index in [1.54, 1.807) is 0 Å². The first-order valence-electron chi connectivity index (χ1n) is 4.82. The van der Waals surface area contributed by atoms with Gasteiger partial charge in [0.25, 0.3) is 0 Å². The van der Waals surface area contributed by atoms with Gasteiger partial charge in [0.05, 0.1) is 0 Å². The largest absolute Gasteiger partial charge is 0.490 e. The molecule has 3 rings (SSSR count). The molecule has 0 amide bonds. The van der Waals surface area contributed by atoms with Gasteiger partial charge in [0.15, 0.2) is 0 Å². The smallest absolute Gasteiger partial charge is 0.125 e. The summed E-state index contributed by atoms with van der Waals surface area (Å²) in [7, 11) is 0. The van der Waals surface area contributed by atoms with Crippen molar-refractivity contribution in [1.82, 2.24) is 0 Å². The summed E-state index contributed by atoms with van der Waals surface area (Å²) in [6.07, 6.45) is 3.11. The quantitative estimate of drug-likeness (QED) is 0.650. The Hall–Kier alpha value is -1.02. The number of aliphatic hydroxyl groups excluding tert-OH is 1. The highest BCUT2D eigenvalue weighted by Gasteiger charge is 2.28. The zero-order chi connectivity index (χ0) is 8.84. The first kappa shape index (κ1) is 7.39. The number of hydrogen-bond acceptors (Lipinski definition) is 2. The van der Waals surface area contributed by atoms with Gasteiger partial charge in [0.2, 0.25) is 0 Å². The van der Waals surface area contributed by atoms with Gasteiger partial charge in [-0.2, -0.15) is 0 Å². The molecule has 1 atom stereocenters. The summed E-state index contributed by atoms with van der Waals surface area (Å²) < 4.78 is 5.39. The Kier molecular flexibility index (Phi) is 1.41. The highest BCUT2D eigenvalue weighted by Crippen LogP contribution is 2.39. The van der Waals surface area contributed by atoms with Crippen LogP contribution in [0.5, 0.6) is 5.75 Å². The van der Waals surface area contributed by atoms with Crippen LogP contribution in [0.25, 0.3) is 0 Å². The number of rotatable bonds is 0. The van der Waals surface area contributed by atoms with Crippen LogP contribution in [-0.4, -0.2) is 11.7 Å². The fourth-order valence-corrected chi connectivity index (χ4v) is 2.42. The third kappa shape index (κ3) is 0.923. The molecule has 1 aromatic rings. The summed E-state index contributed by atoms with van der Waals surface area (Å²) in [4.78, 5) is 0. The molecule has 1 unspecified atom stereocenters. The summed E-state index contributed by atoms with van der Waals surface area (Å²) in [5.74, 6) is 0.896. The van der Waals surface area contributed by atoms with Crippen LogP contribution >= 0.6 is 0 Å². The summed E-state index contributed by atoms with van der Waals surface area (Å²) in [5.41, 5.74) is 3.82. The third-order valence-electron chi connectivity index (χ3n) is 3.02. The monoisotopic (exact) mass is 176 g/mol. The molecular formula is C11H12O2. The number of hydrogen-bond donors (Lipinski definition) is 1. The zero-order valence-electron chi connectivity index (χ0n) is 7.42. The molecule has 0 saturated heterocycles. The predicted molar refractivity (Wildman–Crippen MR) is 48.9 cm³/mol. The molecule has 1 aliphatic heterocycles. The van der Waals surface area contributed by atoms with Gasteiger partial charge < -0.3 is 9.84 Å². The average molecular weight is 176 g/mol. The number of benzene rings is 1. The lowest BCUT2D eigenvalue weighted by atomic mass is 10.00. The van der Waals surface area contributed by atoms with Gasteiger partial charge in [0.1, 0.15) is 18.5 Å². The van der Waals surface area contributed by atoms with E-state index in [1.165, 1.54) is 17.5 Å². The van der Waals surface area contributed by atoms with Crippen LogP contribution in [0.4, 0.5) is 0 Å². The Labute approximate surface area is 77.2 Å². The number of aryl methyl sites for hydroxylation is 1. The fraction of sp³-hybridized carbons (Fsp3) is 0.455. The molecule has 68 valence electrons. The lowest BCUT2D eigenvalue weighted by Crippen LogP contribution is -2.00. The van der Waals surface area contributed by atoms with Gasteiger partial charge in [0, 0.05) is 5.56 Å². The Balaban J connectivity index is 2.23. The topological polar surface area (TPSA) is 29.5 Å². The molecule has 2 heteroatoms. The molecule has 1 aromatic carbocycles. The number of aliphatic hydroxyl groups is 1. The van der Waals surface area contributed by atoms with Crippen LogP contribution in [0.3, 0.4) is 0 Å². The van der Waals surface area contributed by atoms with Crippen molar-refractivity contribution < 1.29 is 9.84 Å². The van der Waals surface area contributed by atoms with Gasteiger partial charge in [-0.15, -0.1) is 0 Å². The second-order valence-corrected chi connectivity index (χ2v) is 3.80. The van der Waals surface area contributed by atoms with E-state index in [0.29, 0.717) is 6.61 Å². The zero-order valence-corrected chi connectivity index (χ0v) is 7.42. The lowest BCUT2D eigenvalue weighted by molar-refractivity contribution is 0.140.